The van der Waals surface area contributed by atoms with Gasteiger partial charge in [-0.2, -0.15) is 13.2 Å². The number of alkyl carbamates (subject to hydrolysis) is 1. The summed E-state index contributed by atoms with van der Waals surface area (Å²) >= 11 is 0. The van der Waals surface area contributed by atoms with Gasteiger partial charge >= 0.3 is 12.3 Å². The standard InChI is InChI=1S/C21H15F3N2O4/c1-25-12-5-8-17(16(10-12)21(22,23)24)29-13-6-7-14-11(9-13)3-2-4-15(14)18-19(27)26-20(28)30-18/h5-10,15,18H,2-4H2,(H,26,27,28)/t15-,18?/m1/s1. The van der Waals surface area contributed by atoms with E-state index in [1.54, 1.807) is 12.1 Å². The van der Waals surface area contributed by atoms with Gasteiger partial charge in [0.05, 0.1) is 12.1 Å². The molecule has 4 rings (SSSR count). The Balaban J connectivity index is 1.64. The number of alkyl halides is 3. The first kappa shape index (κ1) is 19.8. The summed E-state index contributed by atoms with van der Waals surface area (Å²) in [5.74, 6) is -1.000. The summed E-state index contributed by atoms with van der Waals surface area (Å²) in [6.45, 7) is 6.91. The van der Waals surface area contributed by atoms with E-state index in [1.165, 1.54) is 12.1 Å². The van der Waals surface area contributed by atoms with E-state index in [9.17, 15) is 22.8 Å². The molecule has 1 aliphatic heterocycles. The van der Waals surface area contributed by atoms with Gasteiger partial charge in [-0.25, -0.2) is 9.64 Å². The number of rotatable bonds is 3. The van der Waals surface area contributed by atoms with Gasteiger partial charge in [0, 0.05) is 5.92 Å². The largest absolute Gasteiger partial charge is 0.457 e. The lowest BCUT2D eigenvalue weighted by Crippen LogP contribution is -2.31. The smallest absolute Gasteiger partial charge is 0.418 e. The number of imide groups is 1. The van der Waals surface area contributed by atoms with Crippen molar-refractivity contribution >= 4 is 17.7 Å². The van der Waals surface area contributed by atoms with Gasteiger partial charge in [0.15, 0.2) is 11.8 Å². The van der Waals surface area contributed by atoms with E-state index in [0.717, 1.165) is 29.7 Å². The van der Waals surface area contributed by atoms with E-state index in [-0.39, 0.29) is 17.4 Å². The van der Waals surface area contributed by atoms with Crippen LogP contribution in [0, 0.1) is 6.57 Å². The van der Waals surface area contributed by atoms with Crippen molar-refractivity contribution in [1.82, 2.24) is 5.32 Å². The van der Waals surface area contributed by atoms with Crippen LogP contribution in [-0.4, -0.2) is 18.1 Å². The second-order valence-electron chi connectivity index (χ2n) is 7.07. The van der Waals surface area contributed by atoms with Crippen LogP contribution in [0.25, 0.3) is 4.85 Å². The lowest BCUT2D eigenvalue weighted by Gasteiger charge is -2.28. The zero-order valence-corrected chi connectivity index (χ0v) is 15.5. The van der Waals surface area contributed by atoms with E-state index in [2.05, 4.69) is 10.2 Å². The van der Waals surface area contributed by atoms with Crippen molar-refractivity contribution in [2.24, 2.45) is 0 Å². The van der Waals surface area contributed by atoms with Gasteiger partial charge in [-0.3, -0.25) is 10.1 Å². The van der Waals surface area contributed by atoms with Gasteiger partial charge in [-0.15, -0.1) is 0 Å². The number of aryl methyl sites for hydroxylation is 1. The number of benzene rings is 2. The number of ether oxygens (including phenoxy) is 2. The van der Waals surface area contributed by atoms with Crippen LogP contribution in [0.2, 0.25) is 0 Å². The predicted octanol–water partition coefficient (Wildman–Crippen LogP) is 5.10. The van der Waals surface area contributed by atoms with Crippen molar-refractivity contribution in [2.75, 3.05) is 0 Å². The zero-order chi connectivity index (χ0) is 21.5. The van der Waals surface area contributed by atoms with Crippen molar-refractivity contribution in [3.05, 3.63) is 64.5 Å². The van der Waals surface area contributed by atoms with Crippen LogP contribution in [0.5, 0.6) is 11.5 Å². The molecule has 2 amide bonds. The van der Waals surface area contributed by atoms with Crippen molar-refractivity contribution in [1.29, 1.82) is 0 Å². The topological polar surface area (TPSA) is 69.0 Å². The first-order valence-electron chi connectivity index (χ1n) is 9.17. The average molecular weight is 416 g/mol. The molecule has 1 aliphatic carbocycles. The third-order valence-corrected chi connectivity index (χ3v) is 5.18. The number of carbonyl (C=O) groups is 2. The summed E-state index contributed by atoms with van der Waals surface area (Å²) in [7, 11) is 0. The second kappa shape index (κ2) is 7.37. The molecule has 30 heavy (non-hydrogen) atoms. The highest BCUT2D eigenvalue weighted by atomic mass is 19.4. The molecule has 0 saturated carbocycles. The minimum atomic E-state index is -4.67. The summed E-state index contributed by atoms with van der Waals surface area (Å²) in [6, 6.07) is 7.99. The van der Waals surface area contributed by atoms with E-state index < -0.39 is 35.6 Å². The van der Waals surface area contributed by atoms with Crippen LogP contribution < -0.4 is 10.1 Å². The third-order valence-electron chi connectivity index (χ3n) is 5.18. The quantitative estimate of drug-likeness (QED) is 0.707. The van der Waals surface area contributed by atoms with Gasteiger partial charge in [-0.1, -0.05) is 12.1 Å². The van der Waals surface area contributed by atoms with Crippen molar-refractivity contribution in [2.45, 2.75) is 37.5 Å². The molecule has 0 radical (unpaired) electrons. The predicted molar refractivity (Wildman–Crippen MR) is 98.3 cm³/mol. The first-order valence-corrected chi connectivity index (χ1v) is 9.17. The molecule has 1 N–H and O–H groups in total. The Labute approximate surface area is 169 Å². The molecular weight excluding hydrogens is 401 g/mol. The molecule has 6 nitrogen and oxygen atoms in total. The molecule has 1 fully saturated rings. The highest BCUT2D eigenvalue weighted by Crippen LogP contribution is 2.42. The van der Waals surface area contributed by atoms with Crippen molar-refractivity contribution < 1.29 is 32.2 Å². The van der Waals surface area contributed by atoms with Gasteiger partial charge in [0.2, 0.25) is 0 Å². The molecule has 2 aromatic rings. The number of nitrogens with one attached hydrogen (secondary N) is 1. The first-order chi connectivity index (χ1) is 14.3. The van der Waals surface area contributed by atoms with Crippen molar-refractivity contribution in [3.63, 3.8) is 0 Å². The Morgan fingerprint density at radius 1 is 1.17 bits per heavy atom. The number of hydrogen-bond donors (Lipinski definition) is 1. The Morgan fingerprint density at radius 3 is 2.63 bits per heavy atom. The molecule has 0 bridgehead atoms. The number of carbonyl (C=O) groups excluding carboxylic acids is 2. The summed E-state index contributed by atoms with van der Waals surface area (Å²) in [5.41, 5.74) is 0.474. The average Bonchev–Trinajstić information content (AvgIpc) is 3.04. The maximum atomic E-state index is 13.4. The van der Waals surface area contributed by atoms with Gasteiger partial charge in [0.25, 0.3) is 5.91 Å². The van der Waals surface area contributed by atoms with Gasteiger partial charge in [-0.05, 0) is 54.7 Å². The number of hydrogen-bond acceptors (Lipinski definition) is 4. The number of nitrogens with zero attached hydrogens (tertiary/aromatic N) is 1. The SMILES string of the molecule is [C-]#[N+]c1ccc(Oc2ccc3c(c2)CCC[C@H]3C2OC(=O)NC2=O)c(C(F)(F)F)c1. The van der Waals surface area contributed by atoms with Crippen LogP contribution in [0.4, 0.5) is 23.7 Å². The van der Waals surface area contributed by atoms with Crippen LogP contribution in [0.3, 0.4) is 0 Å². The molecule has 154 valence electrons. The number of amides is 2. The van der Waals surface area contributed by atoms with Crippen molar-refractivity contribution in [3.8, 4) is 11.5 Å². The van der Waals surface area contributed by atoms with E-state index in [0.29, 0.717) is 12.8 Å². The maximum absolute atomic E-state index is 13.4. The molecule has 9 heteroatoms. The molecule has 2 aliphatic rings. The molecule has 0 spiro atoms. The van der Waals surface area contributed by atoms with Gasteiger partial charge < -0.3 is 9.47 Å². The van der Waals surface area contributed by atoms with E-state index >= 15 is 0 Å². The van der Waals surface area contributed by atoms with Crippen LogP contribution >= 0.6 is 0 Å². The molecular formula is C21H15F3N2O4. The second-order valence-corrected chi connectivity index (χ2v) is 7.07. The van der Waals surface area contributed by atoms with Crippen LogP contribution in [0.15, 0.2) is 36.4 Å². The van der Waals surface area contributed by atoms with Crippen LogP contribution in [-0.2, 0) is 22.1 Å². The summed E-state index contributed by atoms with van der Waals surface area (Å²) < 4.78 is 50.7. The van der Waals surface area contributed by atoms with Gasteiger partial charge in [0.1, 0.15) is 11.5 Å². The fourth-order valence-electron chi connectivity index (χ4n) is 3.87. The normalized spacial score (nSPS) is 20.7. The number of fused-ring (bicyclic) bond motifs is 1. The van der Waals surface area contributed by atoms with Crippen LogP contribution in [0.1, 0.15) is 35.4 Å². The number of cyclic esters (lactones) is 1. The van der Waals surface area contributed by atoms with E-state index in [4.69, 9.17) is 16.0 Å². The minimum absolute atomic E-state index is 0.132. The molecule has 0 aromatic heterocycles. The maximum Gasteiger partial charge on any atom is 0.418 e. The highest BCUT2D eigenvalue weighted by molar-refractivity contribution is 6.00. The Hall–Kier alpha value is -3.54. The fourth-order valence-corrected chi connectivity index (χ4v) is 3.87. The Kier molecular flexibility index (Phi) is 4.86. The lowest BCUT2D eigenvalue weighted by molar-refractivity contribution is -0.138. The minimum Gasteiger partial charge on any atom is -0.457 e. The summed E-state index contributed by atoms with van der Waals surface area (Å²) in [5, 5.41) is 2.12. The highest BCUT2D eigenvalue weighted by Gasteiger charge is 2.41. The number of halogens is 3. The summed E-state index contributed by atoms with van der Waals surface area (Å²) in [6.07, 6.45) is -4.32. The molecule has 1 heterocycles. The van der Waals surface area contributed by atoms with E-state index in [1.807, 2.05) is 0 Å². The Morgan fingerprint density at radius 2 is 1.97 bits per heavy atom. The lowest BCUT2D eigenvalue weighted by atomic mass is 9.79. The fraction of sp³-hybridized carbons (Fsp3) is 0.286. The monoisotopic (exact) mass is 416 g/mol. The molecule has 2 aromatic carbocycles. The summed E-state index contributed by atoms with van der Waals surface area (Å²) in [4.78, 5) is 26.4. The molecule has 1 unspecified atom stereocenters. The Bertz CT molecular complexity index is 1070. The molecule has 1 saturated heterocycles. The zero-order valence-electron chi connectivity index (χ0n) is 15.5. The molecule has 2 atom stereocenters. The third kappa shape index (κ3) is 3.68.